The van der Waals surface area contributed by atoms with Gasteiger partial charge in [0, 0.05) is 34.9 Å². The maximum Gasteiger partial charge on any atom is 0.269 e. The summed E-state index contributed by atoms with van der Waals surface area (Å²) < 4.78 is 0. The molecule has 1 atom stereocenters. The SMILES string of the molecule is O=C(NCC(O)c1ccncc1)c1[nH]c2ccc(Cl)cc2c1Cl. The number of rotatable bonds is 4. The number of aromatic amines is 1. The van der Waals surface area contributed by atoms with Crippen LogP contribution in [0, 0.1) is 0 Å². The van der Waals surface area contributed by atoms with E-state index in [9.17, 15) is 9.90 Å². The Morgan fingerprint density at radius 2 is 2.00 bits per heavy atom. The second kappa shape index (κ2) is 6.58. The van der Waals surface area contributed by atoms with Crippen LogP contribution in [0.4, 0.5) is 0 Å². The fraction of sp³-hybridized carbons (Fsp3) is 0.125. The number of nitrogens with one attached hydrogen (secondary N) is 2. The average Bonchev–Trinajstić information content (AvgIpc) is 2.90. The van der Waals surface area contributed by atoms with E-state index in [0.717, 1.165) is 5.52 Å². The van der Waals surface area contributed by atoms with Gasteiger partial charge in [0.25, 0.3) is 5.91 Å². The van der Waals surface area contributed by atoms with Crippen LogP contribution in [0.1, 0.15) is 22.2 Å². The van der Waals surface area contributed by atoms with Gasteiger partial charge in [-0.05, 0) is 35.9 Å². The molecule has 2 heterocycles. The molecular formula is C16H13Cl2N3O2. The summed E-state index contributed by atoms with van der Waals surface area (Å²) in [5, 5.41) is 14.2. The summed E-state index contributed by atoms with van der Waals surface area (Å²) in [7, 11) is 0. The normalized spacial score (nSPS) is 12.3. The second-order valence-electron chi connectivity index (χ2n) is 5.01. The lowest BCUT2D eigenvalue weighted by Crippen LogP contribution is -2.28. The predicted octanol–water partition coefficient (Wildman–Crippen LogP) is 3.33. The Morgan fingerprint density at radius 3 is 2.74 bits per heavy atom. The van der Waals surface area contributed by atoms with Gasteiger partial charge >= 0.3 is 0 Å². The van der Waals surface area contributed by atoms with E-state index in [0.29, 0.717) is 21.0 Å². The van der Waals surface area contributed by atoms with Crippen LogP contribution in [-0.4, -0.2) is 27.5 Å². The summed E-state index contributed by atoms with van der Waals surface area (Å²) in [4.78, 5) is 19.1. The second-order valence-corrected chi connectivity index (χ2v) is 5.82. The molecule has 3 N–H and O–H groups in total. The van der Waals surface area contributed by atoms with E-state index in [2.05, 4.69) is 15.3 Å². The number of carbonyl (C=O) groups is 1. The van der Waals surface area contributed by atoms with Gasteiger partial charge in [-0.2, -0.15) is 0 Å². The average molecular weight is 350 g/mol. The van der Waals surface area contributed by atoms with Crippen molar-refractivity contribution in [2.75, 3.05) is 6.54 Å². The third-order valence-electron chi connectivity index (χ3n) is 3.47. The van der Waals surface area contributed by atoms with Crippen LogP contribution >= 0.6 is 23.2 Å². The van der Waals surface area contributed by atoms with Crippen molar-refractivity contribution in [1.82, 2.24) is 15.3 Å². The number of amides is 1. The molecule has 23 heavy (non-hydrogen) atoms. The first-order valence-electron chi connectivity index (χ1n) is 6.89. The number of fused-ring (bicyclic) bond motifs is 1. The molecule has 0 bridgehead atoms. The van der Waals surface area contributed by atoms with Gasteiger partial charge in [-0.25, -0.2) is 0 Å². The van der Waals surface area contributed by atoms with Crippen LogP contribution in [0.5, 0.6) is 0 Å². The molecule has 0 aliphatic carbocycles. The summed E-state index contributed by atoms with van der Waals surface area (Å²) in [5.74, 6) is -0.393. The summed E-state index contributed by atoms with van der Waals surface area (Å²) in [6.45, 7) is 0.0648. The maximum absolute atomic E-state index is 12.3. The largest absolute Gasteiger partial charge is 0.387 e. The minimum atomic E-state index is -0.820. The first-order valence-corrected chi connectivity index (χ1v) is 7.65. The molecule has 0 aliphatic heterocycles. The molecule has 1 aromatic carbocycles. The zero-order valence-electron chi connectivity index (χ0n) is 11.9. The van der Waals surface area contributed by atoms with Gasteiger partial charge in [-0.1, -0.05) is 23.2 Å². The third kappa shape index (κ3) is 3.32. The number of pyridine rings is 1. The summed E-state index contributed by atoms with van der Waals surface area (Å²) in [6.07, 6.45) is 2.34. The highest BCUT2D eigenvalue weighted by Gasteiger charge is 2.17. The molecule has 0 saturated carbocycles. The molecule has 0 fully saturated rings. The van der Waals surface area contributed by atoms with Crippen LogP contribution in [0.25, 0.3) is 10.9 Å². The Hall–Kier alpha value is -2.08. The van der Waals surface area contributed by atoms with E-state index < -0.39 is 12.0 Å². The van der Waals surface area contributed by atoms with Crippen molar-refractivity contribution in [2.45, 2.75) is 6.10 Å². The Morgan fingerprint density at radius 1 is 1.26 bits per heavy atom. The number of aliphatic hydroxyl groups is 1. The van der Waals surface area contributed by atoms with Gasteiger partial charge < -0.3 is 15.4 Å². The Bertz CT molecular complexity index is 849. The highest BCUT2D eigenvalue weighted by molar-refractivity contribution is 6.39. The van der Waals surface area contributed by atoms with Crippen molar-refractivity contribution < 1.29 is 9.90 Å². The van der Waals surface area contributed by atoms with Crippen LogP contribution < -0.4 is 5.32 Å². The molecule has 1 unspecified atom stereocenters. The molecular weight excluding hydrogens is 337 g/mol. The van der Waals surface area contributed by atoms with E-state index in [-0.39, 0.29) is 12.2 Å². The molecule has 3 rings (SSSR count). The highest BCUT2D eigenvalue weighted by atomic mass is 35.5. The molecule has 0 spiro atoms. The molecule has 0 radical (unpaired) electrons. The van der Waals surface area contributed by atoms with Crippen molar-refractivity contribution in [3.8, 4) is 0 Å². The minimum Gasteiger partial charge on any atom is -0.387 e. The first kappa shape index (κ1) is 15.8. The molecule has 2 aromatic heterocycles. The van der Waals surface area contributed by atoms with E-state index in [4.69, 9.17) is 23.2 Å². The van der Waals surface area contributed by atoms with Gasteiger partial charge in [0.05, 0.1) is 11.1 Å². The zero-order valence-corrected chi connectivity index (χ0v) is 13.4. The number of H-pyrrole nitrogens is 1. The van der Waals surface area contributed by atoms with Crippen molar-refractivity contribution >= 4 is 40.0 Å². The Labute approximate surface area is 142 Å². The number of hydrogen-bond acceptors (Lipinski definition) is 3. The number of aromatic nitrogens is 2. The predicted molar refractivity (Wildman–Crippen MR) is 89.8 cm³/mol. The molecule has 3 aromatic rings. The van der Waals surface area contributed by atoms with E-state index in [1.54, 1.807) is 42.7 Å². The molecule has 7 heteroatoms. The standard InChI is InChI=1S/C16H13Cl2N3O2/c17-10-1-2-12-11(7-10)14(18)15(21-12)16(23)20-8-13(22)9-3-5-19-6-4-9/h1-7,13,21-22H,8H2,(H,20,23). The van der Waals surface area contributed by atoms with Crippen molar-refractivity contribution in [2.24, 2.45) is 0 Å². The lowest BCUT2D eigenvalue weighted by molar-refractivity contribution is 0.0912. The van der Waals surface area contributed by atoms with Gasteiger partial charge in [-0.3, -0.25) is 9.78 Å². The number of aliphatic hydroxyl groups excluding tert-OH is 1. The van der Waals surface area contributed by atoms with Crippen LogP contribution in [0.2, 0.25) is 10.0 Å². The summed E-state index contributed by atoms with van der Waals surface area (Å²) in [5.41, 5.74) is 1.64. The molecule has 118 valence electrons. The van der Waals surface area contributed by atoms with Crippen LogP contribution in [0.3, 0.4) is 0 Å². The Balaban J connectivity index is 1.75. The van der Waals surface area contributed by atoms with Crippen molar-refractivity contribution in [1.29, 1.82) is 0 Å². The smallest absolute Gasteiger partial charge is 0.269 e. The topological polar surface area (TPSA) is 78.0 Å². The number of nitrogens with zero attached hydrogens (tertiary/aromatic N) is 1. The van der Waals surface area contributed by atoms with Crippen molar-refractivity contribution in [3.05, 3.63) is 64.0 Å². The van der Waals surface area contributed by atoms with Gasteiger partial charge in [-0.15, -0.1) is 0 Å². The fourth-order valence-corrected chi connectivity index (χ4v) is 2.73. The number of halogens is 2. The van der Waals surface area contributed by atoms with E-state index in [1.807, 2.05) is 0 Å². The van der Waals surface area contributed by atoms with Gasteiger partial charge in [0.15, 0.2) is 0 Å². The number of carbonyl (C=O) groups excluding carboxylic acids is 1. The third-order valence-corrected chi connectivity index (χ3v) is 4.10. The first-order chi connectivity index (χ1) is 11.1. The van der Waals surface area contributed by atoms with Crippen LogP contribution in [-0.2, 0) is 0 Å². The van der Waals surface area contributed by atoms with Crippen LogP contribution in [0.15, 0.2) is 42.7 Å². The number of benzene rings is 1. The zero-order chi connectivity index (χ0) is 16.4. The summed E-state index contributed by atoms with van der Waals surface area (Å²) in [6, 6.07) is 8.54. The van der Waals surface area contributed by atoms with Gasteiger partial charge in [0.2, 0.25) is 0 Å². The quantitative estimate of drug-likeness (QED) is 0.675. The monoisotopic (exact) mass is 349 g/mol. The summed E-state index contributed by atoms with van der Waals surface area (Å²) >= 11 is 12.2. The molecule has 1 amide bonds. The lowest BCUT2D eigenvalue weighted by Gasteiger charge is -2.11. The minimum absolute atomic E-state index is 0.0648. The molecule has 5 nitrogen and oxygen atoms in total. The lowest BCUT2D eigenvalue weighted by atomic mass is 10.1. The highest BCUT2D eigenvalue weighted by Crippen LogP contribution is 2.29. The molecule has 0 aliphatic rings. The number of hydrogen-bond donors (Lipinski definition) is 3. The Kier molecular flexibility index (Phi) is 4.52. The van der Waals surface area contributed by atoms with E-state index >= 15 is 0 Å². The molecule has 0 saturated heterocycles. The van der Waals surface area contributed by atoms with Crippen molar-refractivity contribution in [3.63, 3.8) is 0 Å². The van der Waals surface area contributed by atoms with Gasteiger partial charge in [0.1, 0.15) is 5.69 Å². The van der Waals surface area contributed by atoms with E-state index in [1.165, 1.54) is 0 Å². The maximum atomic E-state index is 12.3. The fourth-order valence-electron chi connectivity index (χ4n) is 2.27.